The number of halogens is 1. The van der Waals surface area contributed by atoms with Crippen molar-refractivity contribution in [1.82, 2.24) is 15.0 Å². The maximum atomic E-state index is 14.0. The van der Waals surface area contributed by atoms with Crippen molar-refractivity contribution in [2.45, 2.75) is 19.8 Å². The molecule has 0 saturated heterocycles. The molecule has 2 rings (SSSR count). The Bertz CT molecular complexity index is 449. The lowest BCUT2D eigenvalue weighted by Crippen LogP contribution is -2.04. The molecule has 4 heteroatoms. The van der Waals surface area contributed by atoms with Crippen molar-refractivity contribution in [3.8, 4) is 5.69 Å². The molecule has 0 N–H and O–H groups in total. The molecule has 0 aliphatic rings. The Balaban J connectivity index is 2.54. The van der Waals surface area contributed by atoms with E-state index in [4.69, 9.17) is 0 Å². The van der Waals surface area contributed by atoms with E-state index in [0.717, 1.165) is 0 Å². The zero-order valence-electron chi connectivity index (χ0n) is 8.68. The number of aromatic nitrogens is 3. The van der Waals surface area contributed by atoms with Gasteiger partial charge in [-0.3, -0.25) is 0 Å². The predicted molar refractivity (Wildman–Crippen MR) is 55.4 cm³/mol. The van der Waals surface area contributed by atoms with E-state index in [1.807, 2.05) is 19.9 Å². The highest BCUT2D eigenvalue weighted by Gasteiger charge is 2.12. The van der Waals surface area contributed by atoms with Gasteiger partial charge in [-0.1, -0.05) is 26.0 Å². The molecule has 0 aliphatic carbocycles. The highest BCUT2D eigenvalue weighted by Crippen LogP contribution is 2.22. The molecule has 2 aromatic rings. The Morgan fingerprint density at radius 2 is 1.87 bits per heavy atom. The summed E-state index contributed by atoms with van der Waals surface area (Å²) < 4.78 is 14.0. The van der Waals surface area contributed by atoms with Gasteiger partial charge in [0.1, 0.15) is 5.69 Å². The Morgan fingerprint density at radius 3 is 2.47 bits per heavy atom. The first-order valence-electron chi connectivity index (χ1n) is 4.85. The lowest BCUT2D eigenvalue weighted by molar-refractivity contribution is 0.573. The molecule has 0 bridgehead atoms. The third kappa shape index (κ3) is 1.75. The second-order valence-corrected chi connectivity index (χ2v) is 3.65. The van der Waals surface area contributed by atoms with Crippen molar-refractivity contribution in [3.05, 3.63) is 42.0 Å². The quantitative estimate of drug-likeness (QED) is 0.754. The first-order valence-corrected chi connectivity index (χ1v) is 4.85. The second kappa shape index (κ2) is 3.81. The number of hydrogen-bond donors (Lipinski definition) is 0. The van der Waals surface area contributed by atoms with Gasteiger partial charge in [-0.2, -0.15) is 10.2 Å². The third-order valence-electron chi connectivity index (χ3n) is 2.26. The van der Waals surface area contributed by atoms with E-state index in [9.17, 15) is 4.39 Å². The van der Waals surface area contributed by atoms with Gasteiger partial charge in [0, 0.05) is 0 Å². The van der Waals surface area contributed by atoms with Crippen molar-refractivity contribution < 1.29 is 4.39 Å². The van der Waals surface area contributed by atoms with E-state index >= 15 is 0 Å². The van der Waals surface area contributed by atoms with Crippen LogP contribution in [0, 0.1) is 5.82 Å². The van der Waals surface area contributed by atoms with Gasteiger partial charge in [0.05, 0.1) is 12.4 Å². The maximum absolute atomic E-state index is 14.0. The van der Waals surface area contributed by atoms with Crippen LogP contribution in [0.4, 0.5) is 4.39 Å². The van der Waals surface area contributed by atoms with Gasteiger partial charge in [0.2, 0.25) is 0 Å². The molecule has 0 amide bonds. The van der Waals surface area contributed by atoms with Crippen LogP contribution in [0.3, 0.4) is 0 Å². The molecule has 0 unspecified atom stereocenters. The van der Waals surface area contributed by atoms with Gasteiger partial charge < -0.3 is 0 Å². The average Bonchev–Trinajstić information content (AvgIpc) is 2.70. The van der Waals surface area contributed by atoms with Crippen molar-refractivity contribution in [2.75, 3.05) is 0 Å². The normalized spacial score (nSPS) is 10.9. The molecule has 3 nitrogen and oxygen atoms in total. The molecule has 0 radical (unpaired) electrons. The van der Waals surface area contributed by atoms with Crippen molar-refractivity contribution in [2.24, 2.45) is 0 Å². The summed E-state index contributed by atoms with van der Waals surface area (Å²) in [7, 11) is 0. The molecule has 0 fully saturated rings. The van der Waals surface area contributed by atoms with Crippen LogP contribution in [0.2, 0.25) is 0 Å². The summed E-state index contributed by atoms with van der Waals surface area (Å²) in [5.74, 6) is -0.0933. The first-order chi connectivity index (χ1) is 7.20. The topological polar surface area (TPSA) is 30.7 Å². The second-order valence-electron chi connectivity index (χ2n) is 3.65. The first kappa shape index (κ1) is 9.83. The van der Waals surface area contributed by atoms with Crippen LogP contribution in [-0.2, 0) is 0 Å². The summed E-state index contributed by atoms with van der Waals surface area (Å²) in [4.78, 5) is 1.29. The van der Waals surface area contributed by atoms with Gasteiger partial charge in [-0.15, -0.1) is 4.80 Å². The van der Waals surface area contributed by atoms with Crippen LogP contribution in [0.15, 0.2) is 30.6 Å². The maximum Gasteiger partial charge on any atom is 0.154 e. The fourth-order valence-corrected chi connectivity index (χ4v) is 1.48. The van der Waals surface area contributed by atoms with Crippen molar-refractivity contribution in [3.63, 3.8) is 0 Å². The largest absolute Gasteiger partial charge is 0.204 e. The smallest absolute Gasteiger partial charge is 0.154 e. The van der Waals surface area contributed by atoms with Gasteiger partial charge in [-0.05, 0) is 17.5 Å². The van der Waals surface area contributed by atoms with Crippen LogP contribution < -0.4 is 0 Å². The van der Waals surface area contributed by atoms with Crippen molar-refractivity contribution in [1.29, 1.82) is 0 Å². The Hall–Kier alpha value is -1.71. The SMILES string of the molecule is CC(C)c1cccc(-n2nccn2)c1F. The zero-order chi connectivity index (χ0) is 10.8. The summed E-state index contributed by atoms with van der Waals surface area (Å²) in [5, 5.41) is 7.83. The van der Waals surface area contributed by atoms with Gasteiger partial charge in [0.25, 0.3) is 0 Å². The molecular formula is C11H12FN3. The summed E-state index contributed by atoms with van der Waals surface area (Å²) >= 11 is 0. The minimum Gasteiger partial charge on any atom is -0.204 e. The summed E-state index contributed by atoms with van der Waals surface area (Å²) in [6, 6.07) is 5.27. The molecule has 1 aromatic heterocycles. The summed E-state index contributed by atoms with van der Waals surface area (Å²) in [5.41, 5.74) is 1.08. The summed E-state index contributed by atoms with van der Waals surface area (Å²) in [6.45, 7) is 3.91. The molecular weight excluding hydrogens is 193 g/mol. The molecule has 1 heterocycles. The van der Waals surface area contributed by atoms with Crippen LogP contribution in [-0.4, -0.2) is 15.0 Å². The zero-order valence-corrected chi connectivity index (χ0v) is 8.68. The van der Waals surface area contributed by atoms with E-state index in [1.165, 1.54) is 17.2 Å². The summed E-state index contributed by atoms with van der Waals surface area (Å²) in [6.07, 6.45) is 3.06. The Kier molecular flexibility index (Phi) is 2.49. The number of hydrogen-bond acceptors (Lipinski definition) is 2. The predicted octanol–water partition coefficient (Wildman–Crippen LogP) is 2.53. The average molecular weight is 205 g/mol. The van der Waals surface area contributed by atoms with Gasteiger partial charge in [0.15, 0.2) is 5.82 Å². The molecule has 1 aromatic carbocycles. The van der Waals surface area contributed by atoms with Crippen molar-refractivity contribution >= 4 is 0 Å². The molecule has 78 valence electrons. The molecule has 0 atom stereocenters. The standard InChI is InChI=1S/C11H12FN3/c1-8(2)9-4-3-5-10(11(9)12)15-13-6-7-14-15/h3-8H,1-2H3. The fraction of sp³-hybridized carbons (Fsp3) is 0.273. The van der Waals surface area contributed by atoms with E-state index in [-0.39, 0.29) is 11.7 Å². The number of benzene rings is 1. The highest BCUT2D eigenvalue weighted by atomic mass is 19.1. The van der Waals surface area contributed by atoms with Crippen LogP contribution in [0.5, 0.6) is 0 Å². The van der Waals surface area contributed by atoms with Crippen LogP contribution >= 0.6 is 0 Å². The molecule has 0 aliphatic heterocycles. The van der Waals surface area contributed by atoms with Gasteiger partial charge >= 0.3 is 0 Å². The minimum absolute atomic E-state index is 0.153. The van der Waals surface area contributed by atoms with E-state index < -0.39 is 0 Å². The fourth-order valence-electron chi connectivity index (χ4n) is 1.48. The van der Waals surface area contributed by atoms with Crippen LogP contribution in [0.25, 0.3) is 5.69 Å². The Labute approximate surface area is 87.5 Å². The van der Waals surface area contributed by atoms with E-state index in [0.29, 0.717) is 11.3 Å². The minimum atomic E-state index is -0.247. The number of nitrogens with zero attached hydrogens (tertiary/aromatic N) is 3. The molecule has 0 saturated carbocycles. The lowest BCUT2D eigenvalue weighted by Gasteiger charge is -2.09. The van der Waals surface area contributed by atoms with E-state index in [1.54, 1.807) is 12.1 Å². The molecule has 15 heavy (non-hydrogen) atoms. The Morgan fingerprint density at radius 1 is 1.20 bits per heavy atom. The lowest BCUT2D eigenvalue weighted by atomic mass is 10.0. The van der Waals surface area contributed by atoms with Crippen LogP contribution in [0.1, 0.15) is 25.3 Å². The van der Waals surface area contributed by atoms with Gasteiger partial charge in [-0.25, -0.2) is 4.39 Å². The monoisotopic (exact) mass is 205 g/mol. The molecule has 0 spiro atoms. The third-order valence-corrected chi connectivity index (χ3v) is 2.26. The highest BCUT2D eigenvalue weighted by molar-refractivity contribution is 5.37. The van der Waals surface area contributed by atoms with E-state index in [2.05, 4.69) is 10.2 Å². The number of rotatable bonds is 2.